The fourth-order valence-electron chi connectivity index (χ4n) is 7.32. The number of aromatic nitrogens is 2. The van der Waals surface area contributed by atoms with Crippen molar-refractivity contribution in [2.75, 3.05) is 36.0 Å². The van der Waals surface area contributed by atoms with Gasteiger partial charge in [0, 0.05) is 48.7 Å². The summed E-state index contributed by atoms with van der Waals surface area (Å²) in [5, 5.41) is 7.28. The lowest BCUT2D eigenvalue weighted by molar-refractivity contribution is 0.578. The molecule has 0 N–H and O–H groups in total. The summed E-state index contributed by atoms with van der Waals surface area (Å²) in [5.41, 5.74) is 7.29. The number of thiazole rings is 2. The molecule has 4 heterocycles. The highest BCUT2D eigenvalue weighted by molar-refractivity contribution is 7.22. The highest BCUT2D eigenvalue weighted by atomic mass is 32.1. The minimum absolute atomic E-state index is 1.07. The Morgan fingerprint density at radius 2 is 0.886 bits per heavy atom. The Bertz CT molecular complexity index is 1940. The second-order valence-electron chi connectivity index (χ2n) is 12.3. The van der Waals surface area contributed by atoms with Crippen LogP contribution < -0.4 is 9.80 Å². The van der Waals surface area contributed by atoms with E-state index in [1.807, 2.05) is 22.7 Å². The quantitative estimate of drug-likeness (QED) is 0.186. The Balaban J connectivity index is 1.38. The van der Waals surface area contributed by atoms with E-state index in [1.165, 1.54) is 92.0 Å². The summed E-state index contributed by atoms with van der Waals surface area (Å²) in [5.74, 6) is 0. The molecule has 0 unspecified atom stereocenters. The first-order valence-electron chi connectivity index (χ1n) is 16.1. The summed E-state index contributed by atoms with van der Waals surface area (Å²) in [6.45, 7) is 4.50. The molecule has 9 rings (SSSR count). The van der Waals surface area contributed by atoms with Crippen LogP contribution in [0.25, 0.3) is 63.1 Å². The van der Waals surface area contributed by atoms with E-state index in [0.717, 1.165) is 47.2 Å². The molecule has 0 bridgehead atoms. The molecule has 0 amide bonds. The first-order valence-corrected chi connectivity index (χ1v) is 17.7. The van der Waals surface area contributed by atoms with Crippen LogP contribution in [-0.4, -0.2) is 36.1 Å². The summed E-state index contributed by atoms with van der Waals surface area (Å²) in [6, 6.07) is 31.5. The third-order valence-electron chi connectivity index (χ3n) is 9.54. The molecule has 0 radical (unpaired) electrons. The first kappa shape index (κ1) is 26.4. The van der Waals surface area contributed by atoms with Crippen molar-refractivity contribution in [2.45, 2.75) is 38.5 Å². The van der Waals surface area contributed by atoms with Crippen molar-refractivity contribution in [2.24, 2.45) is 0 Å². The van der Waals surface area contributed by atoms with Gasteiger partial charge in [0.15, 0.2) is 0 Å². The van der Waals surface area contributed by atoms with Gasteiger partial charge < -0.3 is 9.80 Å². The number of benzene rings is 5. The van der Waals surface area contributed by atoms with Gasteiger partial charge in [0.1, 0.15) is 10.0 Å². The molecule has 2 fully saturated rings. The zero-order valence-corrected chi connectivity index (χ0v) is 26.4. The summed E-state index contributed by atoms with van der Waals surface area (Å²) in [6.07, 6.45) is 7.69. The van der Waals surface area contributed by atoms with Crippen molar-refractivity contribution in [1.29, 1.82) is 0 Å². The zero-order chi connectivity index (χ0) is 29.0. The fraction of sp³-hybridized carbons (Fsp3) is 0.263. The Labute approximate surface area is 265 Å². The Kier molecular flexibility index (Phi) is 6.52. The number of hydrogen-bond donors (Lipinski definition) is 0. The maximum absolute atomic E-state index is 5.26. The van der Waals surface area contributed by atoms with Crippen LogP contribution in [0.5, 0.6) is 0 Å². The highest BCUT2D eigenvalue weighted by Crippen LogP contribution is 2.48. The van der Waals surface area contributed by atoms with Crippen LogP contribution in [0.4, 0.5) is 11.4 Å². The lowest BCUT2D eigenvalue weighted by Crippen LogP contribution is -2.29. The molecule has 0 saturated carbocycles. The van der Waals surface area contributed by atoms with Gasteiger partial charge in [-0.2, -0.15) is 0 Å². The third-order valence-corrected chi connectivity index (χ3v) is 11.6. The fourth-order valence-corrected chi connectivity index (χ4v) is 9.40. The Morgan fingerprint density at radius 3 is 1.32 bits per heavy atom. The van der Waals surface area contributed by atoms with Crippen LogP contribution >= 0.6 is 22.7 Å². The van der Waals surface area contributed by atoms with Crippen molar-refractivity contribution in [3.63, 3.8) is 0 Å². The first-order chi connectivity index (χ1) is 21.8. The van der Waals surface area contributed by atoms with Crippen LogP contribution in [0.1, 0.15) is 38.5 Å². The number of anilines is 2. The highest BCUT2D eigenvalue weighted by Gasteiger charge is 2.24. The van der Waals surface area contributed by atoms with Crippen molar-refractivity contribution in [3.8, 4) is 21.1 Å². The molecule has 2 aliphatic rings. The lowest BCUT2D eigenvalue weighted by atomic mass is 9.90. The molecule has 0 atom stereocenters. The van der Waals surface area contributed by atoms with Gasteiger partial charge in [0.25, 0.3) is 0 Å². The van der Waals surface area contributed by atoms with Crippen molar-refractivity contribution in [1.82, 2.24) is 9.97 Å². The van der Waals surface area contributed by atoms with Gasteiger partial charge in [-0.1, -0.05) is 36.4 Å². The van der Waals surface area contributed by atoms with Crippen LogP contribution in [-0.2, 0) is 0 Å². The normalized spacial score (nSPS) is 16.1. The molecule has 44 heavy (non-hydrogen) atoms. The van der Waals surface area contributed by atoms with Gasteiger partial charge in [0.2, 0.25) is 0 Å². The van der Waals surface area contributed by atoms with Gasteiger partial charge in [-0.25, -0.2) is 9.97 Å². The minimum Gasteiger partial charge on any atom is -0.372 e. The average Bonchev–Trinajstić information content (AvgIpc) is 3.72. The molecule has 218 valence electrons. The van der Waals surface area contributed by atoms with Gasteiger partial charge >= 0.3 is 0 Å². The maximum atomic E-state index is 5.26. The van der Waals surface area contributed by atoms with Crippen LogP contribution in [0.15, 0.2) is 84.9 Å². The molecular weight excluding hydrogens is 577 g/mol. The second kappa shape index (κ2) is 10.9. The van der Waals surface area contributed by atoms with E-state index >= 15 is 0 Å². The van der Waals surface area contributed by atoms with Gasteiger partial charge in [0.05, 0.1) is 20.4 Å². The molecule has 5 aromatic carbocycles. The maximum Gasteiger partial charge on any atom is 0.125 e. The minimum atomic E-state index is 1.07. The Hall–Kier alpha value is -4.00. The number of hydrogen-bond acceptors (Lipinski definition) is 6. The van der Waals surface area contributed by atoms with E-state index in [4.69, 9.17) is 9.97 Å². The van der Waals surface area contributed by atoms with E-state index < -0.39 is 0 Å². The SMILES string of the molecule is c1ccc2sc(-c3c4ccc(N5CCCCC5)cc4c(-c4nc5ccccc5s4)c4ccc(N5CCCCC5)cc34)nc2c1. The summed E-state index contributed by atoms with van der Waals surface area (Å²) >= 11 is 3.62. The number of para-hydroxylation sites is 2. The van der Waals surface area contributed by atoms with E-state index in [0.29, 0.717) is 0 Å². The van der Waals surface area contributed by atoms with Gasteiger partial charge in [-0.05, 0) is 109 Å². The summed E-state index contributed by atoms with van der Waals surface area (Å²) in [7, 11) is 0. The van der Waals surface area contributed by atoms with E-state index in [9.17, 15) is 0 Å². The largest absolute Gasteiger partial charge is 0.372 e. The molecule has 7 aromatic rings. The van der Waals surface area contributed by atoms with Gasteiger partial charge in [-0.3, -0.25) is 0 Å². The lowest BCUT2D eigenvalue weighted by Gasteiger charge is -2.30. The van der Waals surface area contributed by atoms with E-state index in [1.54, 1.807) is 0 Å². The molecule has 0 aliphatic carbocycles. The molecule has 0 spiro atoms. The molecule has 6 heteroatoms. The molecular formula is C38H34N4S2. The van der Waals surface area contributed by atoms with Crippen LogP contribution in [0, 0.1) is 0 Å². The molecule has 2 saturated heterocycles. The van der Waals surface area contributed by atoms with Crippen molar-refractivity contribution < 1.29 is 0 Å². The molecule has 2 aromatic heterocycles. The van der Waals surface area contributed by atoms with Crippen LogP contribution in [0.3, 0.4) is 0 Å². The third kappa shape index (κ3) is 4.46. The monoisotopic (exact) mass is 610 g/mol. The molecule has 4 nitrogen and oxygen atoms in total. The number of piperidine rings is 2. The smallest absolute Gasteiger partial charge is 0.125 e. The summed E-state index contributed by atoms with van der Waals surface area (Å²) < 4.78 is 2.47. The predicted molar refractivity (Wildman–Crippen MR) is 191 cm³/mol. The topological polar surface area (TPSA) is 32.3 Å². The predicted octanol–water partition coefficient (Wildman–Crippen LogP) is 10.5. The van der Waals surface area contributed by atoms with Crippen molar-refractivity contribution in [3.05, 3.63) is 84.9 Å². The standard InChI is InChI=1S/C38H34N4S2/c1-7-19-41(20-8-1)25-15-17-27-29(23-25)35(37-39-31-11-3-5-13-33(31)43-37)28-18-16-26(42-21-9-2-10-22-42)24-30(28)36(27)38-40-32-12-4-6-14-34(32)44-38/h3-6,11-18,23-24H,1-2,7-10,19-22H2. The van der Waals surface area contributed by atoms with Crippen molar-refractivity contribution >= 4 is 76.0 Å². The number of nitrogens with zero attached hydrogens (tertiary/aromatic N) is 4. The van der Waals surface area contributed by atoms with E-state index in [2.05, 4.69) is 94.7 Å². The zero-order valence-electron chi connectivity index (χ0n) is 24.8. The molecule has 2 aliphatic heterocycles. The van der Waals surface area contributed by atoms with Gasteiger partial charge in [-0.15, -0.1) is 22.7 Å². The number of fused-ring (bicyclic) bond motifs is 4. The Morgan fingerprint density at radius 1 is 0.455 bits per heavy atom. The summed E-state index contributed by atoms with van der Waals surface area (Å²) in [4.78, 5) is 15.7. The average molecular weight is 611 g/mol. The number of rotatable bonds is 4. The van der Waals surface area contributed by atoms with E-state index in [-0.39, 0.29) is 0 Å². The second-order valence-corrected chi connectivity index (χ2v) is 14.3. The van der Waals surface area contributed by atoms with Crippen LogP contribution in [0.2, 0.25) is 0 Å².